The Hall–Kier alpha value is 0.540. The predicted molar refractivity (Wildman–Crippen MR) is 127 cm³/mol. The first-order valence-electron chi connectivity index (χ1n) is 13.5. The largest absolute Gasteiger partial charge is 0.370 e. The van der Waals surface area contributed by atoms with Crippen LogP contribution in [0.15, 0.2) is 0 Å². The first-order chi connectivity index (χ1) is 15.6. The lowest BCUT2D eigenvalue weighted by Crippen LogP contribution is -2.41. The molecule has 178 valence electrons. The molecular weight excluding hydrogens is 440 g/mol. The summed E-state index contributed by atoms with van der Waals surface area (Å²) in [6.45, 7) is 1.35. The van der Waals surface area contributed by atoms with Crippen molar-refractivity contribution < 1.29 is 18.9 Å². The summed E-state index contributed by atoms with van der Waals surface area (Å²) in [5.41, 5.74) is 0. The van der Waals surface area contributed by atoms with E-state index in [1.807, 2.05) is 0 Å². The van der Waals surface area contributed by atoms with Gasteiger partial charge in [0.25, 0.3) is 0 Å². The predicted octanol–water partition coefficient (Wildman–Crippen LogP) is 4.02. The molecule has 32 heavy (non-hydrogen) atoms. The molecule has 16 unspecified atom stereocenters. The Morgan fingerprint density at radius 2 is 0.906 bits per heavy atom. The lowest BCUT2D eigenvalue weighted by atomic mass is 9.80. The second-order valence-corrected chi connectivity index (χ2v) is 14.2. The Bertz CT molecular complexity index is 704. The molecule has 0 aromatic heterocycles. The number of rotatable bonds is 4. The third-order valence-corrected chi connectivity index (χ3v) is 12.3. The maximum Gasteiger partial charge on any atom is 0.115 e. The van der Waals surface area contributed by atoms with E-state index in [2.05, 4.69) is 0 Å². The lowest BCUT2D eigenvalue weighted by molar-refractivity contribution is -0.111. The van der Waals surface area contributed by atoms with Gasteiger partial charge in [-0.3, -0.25) is 0 Å². The monoisotopic (exact) mass is 478 g/mol. The van der Waals surface area contributed by atoms with E-state index in [1.165, 1.54) is 51.4 Å². The minimum absolute atomic E-state index is 0.0655. The third-order valence-electron chi connectivity index (χ3n) is 11.4. The Morgan fingerprint density at radius 3 is 1.38 bits per heavy atom. The molecule has 16 atom stereocenters. The van der Waals surface area contributed by atoms with Gasteiger partial charge in [-0.15, -0.1) is 0 Å². The van der Waals surface area contributed by atoms with E-state index in [-0.39, 0.29) is 24.4 Å². The minimum atomic E-state index is 0.0655. The molecule has 0 N–H and O–H groups in total. The van der Waals surface area contributed by atoms with Crippen LogP contribution in [0.2, 0.25) is 0 Å². The van der Waals surface area contributed by atoms with E-state index < -0.39 is 0 Å². The average molecular weight is 479 g/mol. The molecule has 0 aromatic carbocycles. The molecule has 6 saturated carbocycles. The normalized spacial score (nSPS) is 63.9. The second-order valence-electron chi connectivity index (χ2n) is 12.7. The van der Waals surface area contributed by atoms with Crippen LogP contribution < -0.4 is 0 Å². The highest BCUT2D eigenvalue weighted by Gasteiger charge is 2.60. The number of thiol groups is 2. The summed E-state index contributed by atoms with van der Waals surface area (Å²) in [5.74, 6) is 6.81. The van der Waals surface area contributed by atoms with Crippen molar-refractivity contribution in [2.24, 2.45) is 47.3 Å². The topological polar surface area (TPSA) is 36.9 Å². The molecule has 8 aliphatic rings. The van der Waals surface area contributed by atoms with E-state index in [0.717, 1.165) is 47.3 Å². The number of hydrogen-bond donors (Lipinski definition) is 2. The molecule has 4 nitrogen and oxygen atoms in total. The summed E-state index contributed by atoms with van der Waals surface area (Å²) in [5, 5.41) is 1.24. The molecule has 0 spiro atoms. The van der Waals surface area contributed by atoms with Gasteiger partial charge in [-0.25, -0.2) is 0 Å². The molecule has 4 bridgehead atoms. The Balaban J connectivity index is 0.898. The van der Waals surface area contributed by atoms with E-state index in [4.69, 9.17) is 44.2 Å². The van der Waals surface area contributed by atoms with Gasteiger partial charge in [-0.1, -0.05) is 0 Å². The smallest absolute Gasteiger partial charge is 0.115 e. The van der Waals surface area contributed by atoms with Crippen molar-refractivity contribution in [3.8, 4) is 0 Å². The fraction of sp³-hybridized carbons (Fsp3) is 1.00. The van der Waals surface area contributed by atoms with Crippen molar-refractivity contribution in [2.45, 2.75) is 98.5 Å². The highest BCUT2D eigenvalue weighted by Crippen LogP contribution is 2.62. The second kappa shape index (κ2) is 7.52. The molecule has 6 heteroatoms. The van der Waals surface area contributed by atoms with Crippen molar-refractivity contribution in [1.82, 2.24) is 0 Å². The fourth-order valence-electron chi connectivity index (χ4n) is 10.4. The summed E-state index contributed by atoms with van der Waals surface area (Å²) in [7, 11) is 0. The van der Waals surface area contributed by atoms with Crippen molar-refractivity contribution in [3.63, 3.8) is 0 Å². The Labute approximate surface area is 203 Å². The zero-order chi connectivity index (χ0) is 21.1. The molecule has 2 aliphatic heterocycles. The van der Waals surface area contributed by atoms with Crippen LogP contribution in [0.3, 0.4) is 0 Å². The molecule has 8 rings (SSSR count). The molecule has 6 aliphatic carbocycles. The number of ether oxygens (including phenoxy) is 4. The van der Waals surface area contributed by atoms with Gasteiger partial charge in [0.05, 0.1) is 25.4 Å². The SMILES string of the molecule is SC1CC2C3CC(OC4COC5C(OC6CC7CC6C6CC(S)CC76)COC45)C(C3)C2C1. The van der Waals surface area contributed by atoms with Gasteiger partial charge in [0.1, 0.15) is 24.4 Å². The molecule has 0 radical (unpaired) electrons. The summed E-state index contributed by atoms with van der Waals surface area (Å²) >= 11 is 9.61. The Morgan fingerprint density at radius 1 is 0.469 bits per heavy atom. The van der Waals surface area contributed by atoms with Gasteiger partial charge >= 0.3 is 0 Å². The van der Waals surface area contributed by atoms with Gasteiger partial charge in [0, 0.05) is 10.5 Å². The van der Waals surface area contributed by atoms with E-state index in [9.17, 15) is 0 Å². The van der Waals surface area contributed by atoms with Crippen molar-refractivity contribution in [3.05, 3.63) is 0 Å². The van der Waals surface area contributed by atoms with E-state index in [1.54, 1.807) is 0 Å². The van der Waals surface area contributed by atoms with Crippen LogP contribution in [0.4, 0.5) is 0 Å². The summed E-state index contributed by atoms with van der Waals surface area (Å²) in [6, 6.07) is 0. The first-order valence-corrected chi connectivity index (χ1v) is 14.6. The van der Waals surface area contributed by atoms with E-state index in [0.29, 0.717) is 35.9 Å². The summed E-state index contributed by atoms with van der Waals surface area (Å²) < 4.78 is 26.1. The van der Waals surface area contributed by atoms with Gasteiger partial charge in [-0.2, -0.15) is 25.3 Å². The third kappa shape index (κ3) is 2.98. The molecule has 0 aromatic rings. The van der Waals surface area contributed by atoms with Crippen LogP contribution in [0.1, 0.15) is 51.4 Å². The zero-order valence-corrected chi connectivity index (χ0v) is 20.6. The van der Waals surface area contributed by atoms with Gasteiger partial charge in [0.2, 0.25) is 0 Å². The highest BCUT2D eigenvalue weighted by molar-refractivity contribution is 7.81. The standard InChI is InChI=1S/C26H38O4S2/c31-13-5-15-11-1-19(17(15)7-13)21(3-11)29-23-9-27-26-24(10-28-25(23)26)30-22-4-12-2-20(22)18-8-14(32)6-16(12)18/h11-26,31-32H,1-10H2. The average Bonchev–Trinajstić information content (AvgIpc) is 3.55. The van der Waals surface area contributed by atoms with Crippen molar-refractivity contribution in [2.75, 3.05) is 13.2 Å². The van der Waals surface area contributed by atoms with Gasteiger partial charge < -0.3 is 18.9 Å². The number of fused-ring (bicyclic) bond motifs is 11. The van der Waals surface area contributed by atoms with Crippen molar-refractivity contribution >= 4 is 25.3 Å². The van der Waals surface area contributed by atoms with Crippen molar-refractivity contribution in [1.29, 1.82) is 0 Å². The molecule has 0 amide bonds. The first kappa shape index (κ1) is 20.7. The van der Waals surface area contributed by atoms with Crippen LogP contribution >= 0.6 is 25.3 Å². The van der Waals surface area contributed by atoms with Crippen LogP contribution in [0, 0.1) is 47.3 Å². The van der Waals surface area contributed by atoms with Gasteiger partial charge in [-0.05, 0) is 98.7 Å². The Kier molecular flexibility index (Phi) is 4.87. The maximum absolute atomic E-state index is 6.76. The van der Waals surface area contributed by atoms with E-state index >= 15 is 0 Å². The van der Waals surface area contributed by atoms with Gasteiger partial charge in [0.15, 0.2) is 0 Å². The van der Waals surface area contributed by atoms with Crippen LogP contribution in [0.25, 0.3) is 0 Å². The van der Waals surface area contributed by atoms with Crippen LogP contribution in [-0.2, 0) is 18.9 Å². The summed E-state index contributed by atoms with van der Waals surface area (Å²) in [6.07, 6.45) is 11.7. The molecular formula is C26H38O4S2. The molecule has 8 fully saturated rings. The lowest BCUT2D eigenvalue weighted by Gasteiger charge is -2.34. The maximum atomic E-state index is 6.76. The highest BCUT2D eigenvalue weighted by atomic mass is 32.1. The summed E-state index contributed by atoms with van der Waals surface area (Å²) in [4.78, 5) is 0. The fourth-order valence-corrected chi connectivity index (χ4v) is 11.4. The minimum Gasteiger partial charge on any atom is -0.370 e. The zero-order valence-electron chi connectivity index (χ0n) is 18.8. The number of hydrogen-bond acceptors (Lipinski definition) is 6. The quantitative estimate of drug-likeness (QED) is 0.599. The molecule has 2 saturated heterocycles. The molecule has 2 heterocycles. The van der Waals surface area contributed by atoms with Crippen LogP contribution in [-0.4, -0.2) is 60.3 Å². The van der Waals surface area contributed by atoms with Crippen LogP contribution in [0.5, 0.6) is 0 Å².